The minimum atomic E-state index is -0.504. The van der Waals surface area contributed by atoms with E-state index in [0.717, 1.165) is 6.42 Å². The van der Waals surface area contributed by atoms with Crippen molar-refractivity contribution in [3.05, 3.63) is 60.2 Å². The van der Waals surface area contributed by atoms with E-state index in [1.54, 1.807) is 24.3 Å². The fourth-order valence-electron chi connectivity index (χ4n) is 2.51. The van der Waals surface area contributed by atoms with Crippen molar-refractivity contribution < 1.29 is 23.9 Å². The minimum Gasteiger partial charge on any atom is -0.457 e. The van der Waals surface area contributed by atoms with Crippen LogP contribution < -0.4 is 4.74 Å². The van der Waals surface area contributed by atoms with Gasteiger partial charge in [-0.1, -0.05) is 18.2 Å². The van der Waals surface area contributed by atoms with E-state index in [2.05, 4.69) is 0 Å². The van der Waals surface area contributed by atoms with Crippen LogP contribution in [0.1, 0.15) is 29.6 Å². The molecule has 1 atom stereocenters. The number of Topliss-reactive ketones (excluding diaryl/α,β-unsaturated/α-hetero) is 2. The zero-order valence-corrected chi connectivity index (χ0v) is 13.6. The van der Waals surface area contributed by atoms with Gasteiger partial charge in [-0.15, -0.1) is 0 Å². The molecule has 1 aliphatic carbocycles. The van der Waals surface area contributed by atoms with Crippen molar-refractivity contribution >= 4 is 17.5 Å². The van der Waals surface area contributed by atoms with Gasteiger partial charge >= 0.3 is 5.97 Å². The Morgan fingerprint density at radius 2 is 1.64 bits per heavy atom. The van der Waals surface area contributed by atoms with Gasteiger partial charge in [0, 0.05) is 17.9 Å². The fourth-order valence-corrected chi connectivity index (χ4v) is 2.51. The molecule has 25 heavy (non-hydrogen) atoms. The van der Waals surface area contributed by atoms with E-state index in [0.29, 0.717) is 23.5 Å². The van der Waals surface area contributed by atoms with Gasteiger partial charge in [-0.25, -0.2) is 0 Å². The molecule has 1 fully saturated rings. The van der Waals surface area contributed by atoms with Gasteiger partial charge in [0.05, 0.1) is 6.42 Å². The number of ether oxygens (including phenoxy) is 2. The van der Waals surface area contributed by atoms with Crippen molar-refractivity contribution in [2.45, 2.75) is 19.3 Å². The number of ketones is 2. The lowest BCUT2D eigenvalue weighted by Crippen LogP contribution is -2.29. The molecule has 128 valence electrons. The zero-order valence-electron chi connectivity index (χ0n) is 13.6. The van der Waals surface area contributed by atoms with E-state index in [1.165, 1.54) is 0 Å². The first-order valence-electron chi connectivity index (χ1n) is 8.16. The molecule has 1 aliphatic rings. The highest BCUT2D eigenvalue weighted by Crippen LogP contribution is 2.26. The summed E-state index contributed by atoms with van der Waals surface area (Å²) in [5.41, 5.74) is 0.438. The fraction of sp³-hybridized carbons (Fsp3) is 0.250. The molecule has 0 aliphatic heterocycles. The van der Waals surface area contributed by atoms with Crippen LogP contribution in [0.15, 0.2) is 54.6 Å². The maximum absolute atomic E-state index is 12.1. The predicted molar refractivity (Wildman–Crippen MR) is 90.6 cm³/mol. The summed E-state index contributed by atoms with van der Waals surface area (Å²) in [7, 11) is 0. The van der Waals surface area contributed by atoms with Crippen molar-refractivity contribution in [3.63, 3.8) is 0 Å². The SMILES string of the molecule is O=C(CC1CCC1=O)OCC(=O)c1ccc(Oc2ccccc2)cc1. The lowest BCUT2D eigenvalue weighted by atomic mass is 9.81. The standard InChI is InChI=1S/C20H18O5/c21-18-11-8-15(18)12-20(23)24-13-19(22)14-6-9-17(10-7-14)25-16-4-2-1-3-5-16/h1-7,9-10,15H,8,11-13H2. The van der Waals surface area contributed by atoms with Crippen molar-refractivity contribution in [2.75, 3.05) is 6.61 Å². The number of para-hydroxylation sites is 1. The largest absolute Gasteiger partial charge is 0.457 e. The van der Waals surface area contributed by atoms with Gasteiger partial charge in [-0.3, -0.25) is 14.4 Å². The number of hydrogen-bond acceptors (Lipinski definition) is 5. The van der Waals surface area contributed by atoms with Crippen LogP contribution in [-0.2, 0) is 14.3 Å². The normalized spacial score (nSPS) is 16.0. The molecule has 1 saturated carbocycles. The molecule has 0 bridgehead atoms. The van der Waals surface area contributed by atoms with E-state index in [-0.39, 0.29) is 30.5 Å². The Hall–Kier alpha value is -2.95. The van der Waals surface area contributed by atoms with E-state index in [9.17, 15) is 14.4 Å². The van der Waals surface area contributed by atoms with Crippen molar-refractivity contribution in [1.82, 2.24) is 0 Å². The van der Waals surface area contributed by atoms with Gasteiger partial charge in [-0.2, -0.15) is 0 Å². The average molecular weight is 338 g/mol. The van der Waals surface area contributed by atoms with Crippen molar-refractivity contribution in [2.24, 2.45) is 5.92 Å². The molecule has 0 saturated heterocycles. The number of carbonyl (C=O) groups is 3. The minimum absolute atomic E-state index is 0.0654. The summed E-state index contributed by atoms with van der Waals surface area (Å²) in [5.74, 6) is 0.397. The lowest BCUT2D eigenvalue weighted by Gasteiger charge is -2.22. The highest BCUT2D eigenvalue weighted by atomic mass is 16.5. The van der Waals surface area contributed by atoms with E-state index in [1.807, 2.05) is 30.3 Å². The van der Waals surface area contributed by atoms with Crippen LogP contribution in [0.3, 0.4) is 0 Å². The second kappa shape index (κ2) is 7.75. The molecule has 0 heterocycles. The Bertz CT molecular complexity index is 764. The van der Waals surface area contributed by atoms with Crippen molar-refractivity contribution in [3.8, 4) is 11.5 Å². The first-order valence-corrected chi connectivity index (χ1v) is 8.16. The van der Waals surface area contributed by atoms with Gasteiger partial charge in [0.2, 0.25) is 0 Å². The van der Waals surface area contributed by atoms with Crippen LogP contribution in [0, 0.1) is 5.92 Å². The molecular formula is C20H18O5. The van der Waals surface area contributed by atoms with Crippen LogP contribution in [0.25, 0.3) is 0 Å². The maximum Gasteiger partial charge on any atom is 0.306 e. The van der Waals surface area contributed by atoms with Crippen LogP contribution in [-0.4, -0.2) is 24.1 Å². The molecule has 5 heteroatoms. The zero-order chi connectivity index (χ0) is 17.6. The Labute approximate surface area is 145 Å². The molecule has 0 amide bonds. The Morgan fingerprint density at radius 1 is 0.960 bits per heavy atom. The van der Waals surface area contributed by atoms with Crippen LogP contribution >= 0.6 is 0 Å². The van der Waals surface area contributed by atoms with E-state index >= 15 is 0 Å². The highest BCUT2D eigenvalue weighted by Gasteiger charge is 2.30. The first kappa shape index (κ1) is 16.9. The Balaban J connectivity index is 1.48. The second-order valence-corrected chi connectivity index (χ2v) is 5.93. The molecule has 0 spiro atoms. The van der Waals surface area contributed by atoms with E-state index < -0.39 is 5.97 Å². The summed E-state index contributed by atoms with van der Waals surface area (Å²) >= 11 is 0. The summed E-state index contributed by atoms with van der Waals surface area (Å²) in [6, 6.07) is 16.0. The predicted octanol–water partition coefficient (Wildman–Crippen LogP) is 3.57. The monoisotopic (exact) mass is 338 g/mol. The Morgan fingerprint density at radius 3 is 2.24 bits per heavy atom. The second-order valence-electron chi connectivity index (χ2n) is 5.93. The maximum atomic E-state index is 12.1. The highest BCUT2D eigenvalue weighted by molar-refractivity contribution is 5.98. The van der Waals surface area contributed by atoms with Crippen LogP contribution in [0.5, 0.6) is 11.5 Å². The van der Waals surface area contributed by atoms with Crippen LogP contribution in [0.4, 0.5) is 0 Å². The van der Waals surface area contributed by atoms with E-state index in [4.69, 9.17) is 9.47 Å². The number of carbonyl (C=O) groups excluding carboxylic acids is 3. The van der Waals surface area contributed by atoms with Gasteiger partial charge in [0.15, 0.2) is 12.4 Å². The quantitative estimate of drug-likeness (QED) is 0.570. The third-order valence-electron chi connectivity index (χ3n) is 4.13. The molecule has 3 rings (SSSR count). The number of esters is 1. The summed E-state index contributed by atoms with van der Waals surface area (Å²) in [5, 5.41) is 0. The molecule has 0 radical (unpaired) electrons. The summed E-state index contributed by atoms with van der Waals surface area (Å²) in [4.78, 5) is 34.9. The molecule has 2 aromatic carbocycles. The molecular weight excluding hydrogens is 320 g/mol. The third kappa shape index (κ3) is 4.53. The Kier molecular flexibility index (Phi) is 5.23. The number of hydrogen-bond donors (Lipinski definition) is 0. The molecule has 2 aromatic rings. The van der Waals surface area contributed by atoms with Crippen molar-refractivity contribution in [1.29, 1.82) is 0 Å². The van der Waals surface area contributed by atoms with Crippen LogP contribution in [0.2, 0.25) is 0 Å². The van der Waals surface area contributed by atoms with Gasteiger partial charge in [-0.05, 0) is 42.8 Å². The summed E-state index contributed by atoms with van der Waals surface area (Å²) in [6.45, 7) is -0.321. The molecule has 0 aromatic heterocycles. The molecule has 5 nitrogen and oxygen atoms in total. The summed E-state index contributed by atoms with van der Waals surface area (Å²) < 4.78 is 10.6. The average Bonchev–Trinajstić information content (AvgIpc) is 2.64. The van der Waals surface area contributed by atoms with Gasteiger partial charge < -0.3 is 9.47 Å². The number of benzene rings is 2. The summed E-state index contributed by atoms with van der Waals surface area (Å²) in [6.07, 6.45) is 1.33. The first-order chi connectivity index (χ1) is 12.1. The lowest BCUT2D eigenvalue weighted by molar-refractivity contribution is -0.147. The third-order valence-corrected chi connectivity index (χ3v) is 4.13. The molecule has 0 N–H and O–H groups in total. The van der Waals surface area contributed by atoms with Gasteiger partial charge in [0.25, 0.3) is 0 Å². The van der Waals surface area contributed by atoms with Gasteiger partial charge in [0.1, 0.15) is 17.3 Å². The topological polar surface area (TPSA) is 69.7 Å². The molecule has 1 unspecified atom stereocenters. The number of rotatable bonds is 7. The smallest absolute Gasteiger partial charge is 0.306 e.